The lowest BCUT2D eigenvalue weighted by Gasteiger charge is -2.20. The molecule has 0 spiro atoms. The average molecular weight is 282 g/mol. The van der Waals surface area contributed by atoms with Gasteiger partial charge in [-0.05, 0) is 25.9 Å². The first-order valence-corrected chi connectivity index (χ1v) is 7.55. The normalized spacial score (nSPS) is 17.5. The quantitative estimate of drug-likeness (QED) is 0.847. The van der Waals surface area contributed by atoms with Gasteiger partial charge in [-0.1, -0.05) is 20.8 Å². The summed E-state index contributed by atoms with van der Waals surface area (Å²) in [7, 11) is 1.43. The van der Waals surface area contributed by atoms with Crippen molar-refractivity contribution >= 4 is 17.3 Å². The van der Waals surface area contributed by atoms with Crippen LogP contribution in [0.4, 0.5) is 0 Å². The van der Waals surface area contributed by atoms with Crippen LogP contribution in [-0.4, -0.2) is 31.2 Å². The van der Waals surface area contributed by atoms with Gasteiger partial charge in [0.05, 0.1) is 17.8 Å². The second-order valence-electron chi connectivity index (χ2n) is 6.00. The van der Waals surface area contributed by atoms with Gasteiger partial charge in [0, 0.05) is 11.3 Å². The van der Waals surface area contributed by atoms with Gasteiger partial charge in [0.1, 0.15) is 4.88 Å². The molecule has 2 rings (SSSR count). The van der Waals surface area contributed by atoms with E-state index in [-0.39, 0.29) is 11.4 Å². The molecule has 106 valence electrons. The minimum atomic E-state index is -0.261. The van der Waals surface area contributed by atoms with Crippen LogP contribution in [0.2, 0.25) is 0 Å². The first-order valence-electron chi connectivity index (χ1n) is 6.73. The highest BCUT2D eigenvalue weighted by Gasteiger charge is 2.30. The molecule has 1 aliphatic heterocycles. The van der Waals surface area contributed by atoms with Gasteiger partial charge in [-0.25, -0.2) is 9.78 Å². The fraction of sp³-hybridized carbons (Fsp3) is 0.714. The Morgan fingerprint density at radius 1 is 1.37 bits per heavy atom. The molecule has 1 fully saturated rings. The number of methoxy groups -OCH3 is 1. The average Bonchev–Trinajstić information content (AvgIpc) is 2.84. The molecule has 0 saturated carbocycles. The van der Waals surface area contributed by atoms with Crippen molar-refractivity contribution < 1.29 is 9.53 Å². The molecule has 1 aromatic rings. The monoisotopic (exact) mass is 282 g/mol. The lowest BCUT2D eigenvalue weighted by molar-refractivity contribution is 0.0603. The summed E-state index contributed by atoms with van der Waals surface area (Å²) in [6.07, 6.45) is 2.19. The number of carbonyl (C=O) groups excluding carboxylic acids is 1. The Morgan fingerprint density at radius 2 is 2.00 bits per heavy atom. The number of ether oxygens (including phenoxy) is 1. The van der Waals surface area contributed by atoms with Crippen molar-refractivity contribution in [2.45, 2.75) is 44.9 Å². The highest BCUT2D eigenvalue weighted by atomic mass is 32.1. The molecule has 0 atom stereocenters. The van der Waals surface area contributed by atoms with Gasteiger partial charge in [-0.3, -0.25) is 0 Å². The van der Waals surface area contributed by atoms with Gasteiger partial charge >= 0.3 is 5.97 Å². The number of aromatic nitrogens is 1. The number of hydrogen-bond donors (Lipinski definition) is 1. The van der Waals surface area contributed by atoms with Gasteiger partial charge in [0.15, 0.2) is 0 Å². The van der Waals surface area contributed by atoms with Crippen molar-refractivity contribution in [1.82, 2.24) is 10.3 Å². The zero-order valence-electron chi connectivity index (χ0n) is 12.1. The third-order valence-corrected chi connectivity index (χ3v) is 4.61. The number of piperidine rings is 1. The lowest BCUT2D eigenvalue weighted by atomic mass is 9.91. The summed E-state index contributed by atoms with van der Waals surface area (Å²) < 4.78 is 4.89. The lowest BCUT2D eigenvalue weighted by Crippen LogP contribution is -2.26. The van der Waals surface area contributed by atoms with Crippen LogP contribution in [-0.2, 0) is 10.2 Å². The summed E-state index contributed by atoms with van der Waals surface area (Å²) in [4.78, 5) is 17.3. The zero-order valence-corrected chi connectivity index (χ0v) is 12.9. The maximum atomic E-state index is 11.9. The summed E-state index contributed by atoms with van der Waals surface area (Å²) in [6.45, 7) is 8.31. The fourth-order valence-corrected chi connectivity index (χ4v) is 3.68. The zero-order chi connectivity index (χ0) is 14.0. The third-order valence-electron chi connectivity index (χ3n) is 3.41. The molecule has 0 unspecified atom stereocenters. The third kappa shape index (κ3) is 3.15. The molecule has 0 radical (unpaired) electrons. The molecular formula is C14H22N2O2S. The second kappa shape index (κ2) is 5.59. The molecule has 0 bridgehead atoms. The Kier molecular flexibility index (Phi) is 4.26. The molecule has 19 heavy (non-hydrogen) atoms. The van der Waals surface area contributed by atoms with E-state index in [0.717, 1.165) is 36.6 Å². The van der Waals surface area contributed by atoms with Crippen molar-refractivity contribution in [3.05, 3.63) is 15.6 Å². The Labute approximate surface area is 118 Å². The van der Waals surface area contributed by atoms with Crippen LogP contribution in [0.1, 0.15) is 59.9 Å². The minimum absolute atomic E-state index is 0.134. The fourth-order valence-electron chi connectivity index (χ4n) is 2.32. The number of rotatable bonds is 2. The van der Waals surface area contributed by atoms with Crippen molar-refractivity contribution in [3.63, 3.8) is 0 Å². The van der Waals surface area contributed by atoms with Crippen LogP contribution < -0.4 is 5.32 Å². The van der Waals surface area contributed by atoms with E-state index < -0.39 is 0 Å². The number of nitrogens with one attached hydrogen (secondary N) is 1. The number of hydrogen-bond acceptors (Lipinski definition) is 5. The van der Waals surface area contributed by atoms with E-state index in [2.05, 4.69) is 26.1 Å². The number of nitrogens with zero attached hydrogens (tertiary/aromatic N) is 1. The van der Waals surface area contributed by atoms with E-state index in [1.54, 1.807) is 0 Å². The van der Waals surface area contributed by atoms with Crippen LogP contribution in [0.25, 0.3) is 0 Å². The maximum absolute atomic E-state index is 11.9. The van der Waals surface area contributed by atoms with Crippen LogP contribution in [0.3, 0.4) is 0 Å². The summed E-state index contributed by atoms with van der Waals surface area (Å²) in [5.41, 5.74) is 0.739. The Morgan fingerprint density at radius 3 is 2.53 bits per heavy atom. The molecule has 1 N–H and O–H groups in total. The Balaban J connectivity index is 2.36. The van der Waals surface area contributed by atoms with Crippen molar-refractivity contribution in [3.8, 4) is 0 Å². The van der Waals surface area contributed by atoms with E-state index in [9.17, 15) is 4.79 Å². The molecule has 4 nitrogen and oxygen atoms in total. The Hall–Kier alpha value is -0.940. The van der Waals surface area contributed by atoms with Gasteiger partial charge < -0.3 is 10.1 Å². The number of esters is 1. The van der Waals surface area contributed by atoms with Crippen molar-refractivity contribution in [1.29, 1.82) is 0 Å². The predicted octanol–water partition coefficient (Wildman–Crippen LogP) is 2.69. The minimum Gasteiger partial charge on any atom is -0.465 e. The van der Waals surface area contributed by atoms with Crippen LogP contribution in [0.5, 0.6) is 0 Å². The molecule has 1 aromatic heterocycles. The molecule has 1 aliphatic rings. The summed E-state index contributed by atoms with van der Waals surface area (Å²) in [5.74, 6) is 0.216. The molecule has 5 heteroatoms. The largest absolute Gasteiger partial charge is 0.465 e. The smallest absolute Gasteiger partial charge is 0.350 e. The number of carbonyl (C=O) groups is 1. The molecule has 1 saturated heterocycles. The van der Waals surface area contributed by atoms with E-state index in [0.29, 0.717) is 10.8 Å². The highest BCUT2D eigenvalue weighted by Crippen LogP contribution is 2.35. The summed E-state index contributed by atoms with van der Waals surface area (Å²) in [6, 6.07) is 0. The predicted molar refractivity (Wildman–Crippen MR) is 77.0 cm³/mol. The van der Waals surface area contributed by atoms with Crippen molar-refractivity contribution in [2.75, 3.05) is 20.2 Å². The summed E-state index contributed by atoms with van der Waals surface area (Å²) in [5, 5.41) is 4.44. The molecular weight excluding hydrogens is 260 g/mol. The van der Waals surface area contributed by atoms with Gasteiger partial charge in [-0.15, -0.1) is 11.3 Å². The SMILES string of the molecule is COC(=O)c1sc(C2CCNCC2)nc1C(C)(C)C. The highest BCUT2D eigenvalue weighted by molar-refractivity contribution is 7.13. The van der Waals surface area contributed by atoms with Crippen LogP contribution in [0, 0.1) is 0 Å². The van der Waals surface area contributed by atoms with Gasteiger partial charge in [0.2, 0.25) is 0 Å². The second-order valence-corrected chi connectivity index (χ2v) is 7.03. The number of thiazole rings is 1. The van der Waals surface area contributed by atoms with Crippen LogP contribution >= 0.6 is 11.3 Å². The maximum Gasteiger partial charge on any atom is 0.350 e. The standard InChI is InChI=1S/C14H22N2O2S/c1-14(2,3)11-10(13(17)18-4)19-12(16-11)9-5-7-15-8-6-9/h9,15H,5-8H2,1-4H3. The molecule has 2 heterocycles. The first kappa shape index (κ1) is 14.5. The van der Waals surface area contributed by atoms with Crippen molar-refractivity contribution in [2.24, 2.45) is 0 Å². The van der Waals surface area contributed by atoms with E-state index in [4.69, 9.17) is 9.72 Å². The van der Waals surface area contributed by atoms with E-state index >= 15 is 0 Å². The topological polar surface area (TPSA) is 51.2 Å². The van der Waals surface area contributed by atoms with E-state index in [1.807, 2.05) is 0 Å². The molecule has 0 aromatic carbocycles. The van der Waals surface area contributed by atoms with Crippen LogP contribution in [0.15, 0.2) is 0 Å². The van der Waals surface area contributed by atoms with E-state index in [1.165, 1.54) is 18.4 Å². The summed E-state index contributed by atoms with van der Waals surface area (Å²) >= 11 is 1.51. The Bertz CT molecular complexity index is 457. The molecule has 0 aliphatic carbocycles. The van der Waals surface area contributed by atoms with Gasteiger partial charge in [0.25, 0.3) is 0 Å². The van der Waals surface area contributed by atoms with Gasteiger partial charge in [-0.2, -0.15) is 0 Å². The molecule has 0 amide bonds. The first-order chi connectivity index (χ1) is 8.93.